The van der Waals surface area contributed by atoms with E-state index in [0.29, 0.717) is 6.54 Å². The molecule has 0 saturated carbocycles. The maximum Gasteiger partial charge on any atom is 0.415 e. The molecular weight excluding hydrogens is 202 g/mol. The summed E-state index contributed by atoms with van der Waals surface area (Å²) in [6.45, 7) is 2.30. The highest BCUT2D eigenvalue weighted by Crippen LogP contribution is 2.28. The van der Waals surface area contributed by atoms with Crippen molar-refractivity contribution in [2.75, 3.05) is 18.1 Å². The van der Waals surface area contributed by atoms with Crippen molar-refractivity contribution in [3.63, 3.8) is 0 Å². The topological polar surface area (TPSA) is 49.8 Å². The van der Waals surface area contributed by atoms with E-state index in [4.69, 9.17) is 9.84 Å². The number of carbonyl (C=O) groups is 1. The van der Waals surface area contributed by atoms with Crippen LogP contribution in [0.15, 0.2) is 11.4 Å². The largest absolute Gasteiger partial charge is 0.441 e. The fourth-order valence-electron chi connectivity index (χ4n) is 1.35. The molecule has 5 heteroatoms. The van der Waals surface area contributed by atoms with Crippen LogP contribution in [-0.4, -0.2) is 30.5 Å². The standard InChI is InChI=1S/C9H11NO3S/c1-6-2-8(14-5-6)10-3-7(4-11)13-9(10)12/h2,5,7,11H,3-4H2,1H3. The number of amides is 1. The first-order valence-electron chi connectivity index (χ1n) is 4.35. The number of aliphatic hydroxyl groups excluding tert-OH is 1. The lowest BCUT2D eigenvalue weighted by Crippen LogP contribution is -2.24. The molecule has 76 valence electrons. The Hall–Kier alpha value is -1.07. The van der Waals surface area contributed by atoms with Gasteiger partial charge in [0.2, 0.25) is 0 Å². The maximum atomic E-state index is 11.4. The SMILES string of the molecule is Cc1csc(N2CC(CO)OC2=O)c1. The number of anilines is 1. The lowest BCUT2D eigenvalue weighted by Gasteiger charge is -2.08. The Balaban J connectivity index is 2.16. The number of nitrogens with zero attached hydrogens (tertiary/aromatic N) is 1. The molecule has 0 radical (unpaired) electrons. The van der Waals surface area contributed by atoms with Gasteiger partial charge in [-0.15, -0.1) is 11.3 Å². The summed E-state index contributed by atoms with van der Waals surface area (Å²) in [5.41, 5.74) is 1.13. The minimum Gasteiger partial charge on any atom is -0.441 e. The van der Waals surface area contributed by atoms with Crippen LogP contribution in [0.25, 0.3) is 0 Å². The number of thiophene rings is 1. The molecule has 0 aliphatic carbocycles. The minimum absolute atomic E-state index is 0.118. The van der Waals surface area contributed by atoms with E-state index in [1.165, 1.54) is 11.3 Å². The van der Waals surface area contributed by atoms with Crippen molar-refractivity contribution in [1.82, 2.24) is 0 Å². The van der Waals surface area contributed by atoms with E-state index in [2.05, 4.69) is 0 Å². The predicted molar refractivity (Wildman–Crippen MR) is 53.8 cm³/mol. The van der Waals surface area contributed by atoms with Gasteiger partial charge in [0.05, 0.1) is 13.2 Å². The first kappa shape index (κ1) is 9.48. The molecule has 0 spiro atoms. The van der Waals surface area contributed by atoms with Gasteiger partial charge in [-0.25, -0.2) is 4.79 Å². The molecule has 2 rings (SSSR count). The summed E-state index contributed by atoms with van der Waals surface area (Å²) in [5.74, 6) is 0. The summed E-state index contributed by atoms with van der Waals surface area (Å²) in [5, 5.41) is 11.7. The first-order chi connectivity index (χ1) is 6.70. The zero-order valence-corrected chi connectivity index (χ0v) is 8.58. The molecule has 0 aromatic carbocycles. The van der Waals surface area contributed by atoms with Gasteiger partial charge >= 0.3 is 6.09 Å². The summed E-state index contributed by atoms with van der Waals surface area (Å²) in [7, 11) is 0. The third kappa shape index (κ3) is 1.60. The van der Waals surface area contributed by atoms with Crippen LogP contribution in [0.5, 0.6) is 0 Å². The van der Waals surface area contributed by atoms with E-state index in [1.807, 2.05) is 18.4 Å². The van der Waals surface area contributed by atoms with Gasteiger partial charge < -0.3 is 9.84 Å². The smallest absolute Gasteiger partial charge is 0.415 e. The zero-order valence-electron chi connectivity index (χ0n) is 7.77. The normalized spacial score (nSPS) is 21.4. The highest BCUT2D eigenvalue weighted by atomic mass is 32.1. The number of aliphatic hydroxyl groups is 1. The average Bonchev–Trinajstić information content (AvgIpc) is 2.71. The Morgan fingerprint density at radius 2 is 2.57 bits per heavy atom. The van der Waals surface area contributed by atoms with E-state index in [-0.39, 0.29) is 18.8 Å². The second-order valence-electron chi connectivity index (χ2n) is 3.26. The van der Waals surface area contributed by atoms with Gasteiger partial charge in [-0.3, -0.25) is 4.90 Å². The van der Waals surface area contributed by atoms with Crippen LogP contribution in [0.1, 0.15) is 5.56 Å². The quantitative estimate of drug-likeness (QED) is 0.807. The molecule has 1 aromatic rings. The van der Waals surface area contributed by atoms with Gasteiger partial charge in [-0.2, -0.15) is 0 Å². The number of aryl methyl sites for hydroxylation is 1. The van der Waals surface area contributed by atoms with Crippen LogP contribution < -0.4 is 4.90 Å². The average molecular weight is 213 g/mol. The van der Waals surface area contributed by atoms with Crippen LogP contribution in [0, 0.1) is 6.92 Å². The van der Waals surface area contributed by atoms with Crippen LogP contribution in [-0.2, 0) is 4.74 Å². The number of hydrogen-bond donors (Lipinski definition) is 1. The molecular formula is C9H11NO3S. The fraction of sp³-hybridized carbons (Fsp3) is 0.444. The van der Waals surface area contributed by atoms with Gasteiger partial charge in [0, 0.05) is 0 Å². The Morgan fingerprint density at radius 3 is 3.07 bits per heavy atom. The predicted octanol–water partition coefficient (Wildman–Crippen LogP) is 1.37. The molecule has 2 heterocycles. The van der Waals surface area contributed by atoms with Crippen LogP contribution in [0.4, 0.5) is 9.80 Å². The Morgan fingerprint density at radius 1 is 1.79 bits per heavy atom. The number of cyclic esters (lactones) is 1. The molecule has 1 N–H and O–H groups in total. The van der Waals surface area contributed by atoms with Crippen molar-refractivity contribution in [2.45, 2.75) is 13.0 Å². The molecule has 1 amide bonds. The molecule has 1 aromatic heterocycles. The summed E-state index contributed by atoms with van der Waals surface area (Å²) in [4.78, 5) is 12.9. The van der Waals surface area contributed by atoms with E-state index in [1.54, 1.807) is 4.90 Å². The van der Waals surface area contributed by atoms with Crippen molar-refractivity contribution in [3.05, 3.63) is 17.0 Å². The number of carbonyl (C=O) groups excluding carboxylic acids is 1. The first-order valence-corrected chi connectivity index (χ1v) is 5.23. The molecule has 14 heavy (non-hydrogen) atoms. The molecule has 1 aliphatic rings. The van der Waals surface area contributed by atoms with Crippen LogP contribution in [0.2, 0.25) is 0 Å². The minimum atomic E-state index is -0.384. The lowest BCUT2D eigenvalue weighted by atomic mass is 10.3. The van der Waals surface area contributed by atoms with E-state index in [0.717, 1.165) is 10.6 Å². The maximum absolute atomic E-state index is 11.4. The number of hydrogen-bond acceptors (Lipinski definition) is 4. The summed E-state index contributed by atoms with van der Waals surface area (Å²) >= 11 is 1.51. The molecule has 1 atom stereocenters. The van der Waals surface area contributed by atoms with Crippen LogP contribution in [0.3, 0.4) is 0 Å². The third-order valence-electron chi connectivity index (χ3n) is 2.06. The zero-order chi connectivity index (χ0) is 10.1. The molecule has 1 unspecified atom stereocenters. The van der Waals surface area contributed by atoms with Gasteiger partial charge in [0.15, 0.2) is 0 Å². The molecule has 1 aliphatic heterocycles. The van der Waals surface area contributed by atoms with Crippen molar-refractivity contribution < 1.29 is 14.6 Å². The second kappa shape index (κ2) is 3.59. The van der Waals surface area contributed by atoms with Crippen molar-refractivity contribution in [3.8, 4) is 0 Å². The van der Waals surface area contributed by atoms with Crippen molar-refractivity contribution in [2.24, 2.45) is 0 Å². The summed E-state index contributed by atoms with van der Waals surface area (Å²) < 4.78 is 4.93. The van der Waals surface area contributed by atoms with E-state index in [9.17, 15) is 4.79 Å². The van der Waals surface area contributed by atoms with Crippen LogP contribution >= 0.6 is 11.3 Å². The lowest BCUT2D eigenvalue weighted by molar-refractivity contribution is 0.0963. The molecule has 4 nitrogen and oxygen atoms in total. The fourth-order valence-corrected chi connectivity index (χ4v) is 2.26. The third-order valence-corrected chi connectivity index (χ3v) is 3.13. The monoisotopic (exact) mass is 213 g/mol. The second-order valence-corrected chi connectivity index (χ2v) is 4.15. The van der Waals surface area contributed by atoms with Crippen molar-refractivity contribution in [1.29, 1.82) is 0 Å². The Kier molecular flexibility index (Phi) is 2.43. The molecule has 0 bridgehead atoms. The summed E-state index contributed by atoms with van der Waals surface area (Å²) in [6.07, 6.45) is -0.754. The number of rotatable bonds is 2. The molecule has 1 fully saturated rings. The highest BCUT2D eigenvalue weighted by molar-refractivity contribution is 7.14. The van der Waals surface area contributed by atoms with E-state index >= 15 is 0 Å². The van der Waals surface area contributed by atoms with Gasteiger partial charge in [0.1, 0.15) is 11.1 Å². The van der Waals surface area contributed by atoms with E-state index < -0.39 is 0 Å². The Bertz CT molecular complexity index is 350. The highest BCUT2D eigenvalue weighted by Gasteiger charge is 2.32. The Labute approximate surface area is 85.7 Å². The van der Waals surface area contributed by atoms with Gasteiger partial charge in [0.25, 0.3) is 0 Å². The van der Waals surface area contributed by atoms with Gasteiger partial charge in [-0.1, -0.05) is 0 Å². The van der Waals surface area contributed by atoms with Crippen molar-refractivity contribution >= 4 is 22.4 Å². The summed E-state index contributed by atoms with van der Waals surface area (Å²) in [6, 6.07) is 1.94. The number of ether oxygens (including phenoxy) is 1. The molecule has 1 saturated heterocycles. The van der Waals surface area contributed by atoms with Gasteiger partial charge in [-0.05, 0) is 23.9 Å².